The second kappa shape index (κ2) is 7.79. The number of phenolic OH excluding ortho intramolecular Hbond substituents is 1. The molecule has 0 bridgehead atoms. The molecule has 0 fully saturated rings. The van der Waals surface area contributed by atoms with Crippen molar-refractivity contribution in [3.8, 4) is 11.5 Å². The number of rotatable bonds is 6. The molecule has 0 aliphatic rings. The lowest BCUT2D eigenvalue weighted by atomic mass is 10.1. The van der Waals surface area contributed by atoms with Crippen LogP contribution in [0, 0.1) is 0 Å². The Bertz CT molecular complexity index is 1120. The number of hydrogen-bond donors (Lipinski definition) is 1. The van der Waals surface area contributed by atoms with Crippen LogP contribution in [0.15, 0.2) is 71.6 Å². The van der Waals surface area contributed by atoms with Gasteiger partial charge in [0, 0.05) is 28.7 Å². The zero-order chi connectivity index (χ0) is 19.3. The minimum Gasteiger partial charge on any atom is -0.508 e. The second-order valence-electron chi connectivity index (χ2n) is 5.97. The number of carbonyl (C=O) groups is 1. The number of benzene rings is 2. The summed E-state index contributed by atoms with van der Waals surface area (Å²) in [6.07, 6.45) is 4.67. The predicted octanol–water partition coefficient (Wildman–Crippen LogP) is 3.86. The molecule has 0 saturated carbocycles. The fourth-order valence-electron chi connectivity index (χ4n) is 2.68. The lowest BCUT2D eigenvalue weighted by molar-refractivity contribution is 0.0463. The monoisotopic (exact) mass is 376 g/mol. The maximum Gasteiger partial charge on any atom is 0.360 e. The molecule has 7 nitrogen and oxygen atoms in total. The minimum absolute atomic E-state index is 0.0381. The highest BCUT2D eigenvalue weighted by Gasteiger charge is 2.15. The molecule has 0 atom stereocenters. The number of aromatic hydroxyl groups is 1. The van der Waals surface area contributed by atoms with Crippen LogP contribution in [0.5, 0.6) is 11.5 Å². The summed E-state index contributed by atoms with van der Waals surface area (Å²) in [6.45, 7) is 0.00241. The van der Waals surface area contributed by atoms with Crippen molar-refractivity contribution in [2.45, 2.75) is 13.2 Å². The first-order chi connectivity index (χ1) is 13.7. The van der Waals surface area contributed by atoms with Gasteiger partial charge in [0.2, 0.25) is 5.89 Å². The summed E-state index contributed by atoms with van der Waals surface area (Å²) in [4.78, 5) is 20.3. The summed E-state index contributed by atoms with van der Waals surface area (Å²) in [5.41, 5.74) is 0.546. The lowest BCUT2D eigenvalue weighted by Gasteiger charge is -2.07. The fourth-order valence-corrected chi connectivity index (χ4v) is 2.68. The van der Waals surface area contributed by atoms with E-state index in [1.165, 1.54) is 12.3 Å². The quantitative estimate of drug-likeness (QED) is 0.511. The van der Waals surface area contributed by atoms with Crippen LogP contribution in [0.3, 0.4) is 0 Å². The van der Waals surface area contributed by atoms with Gasteiger partial charge in [-0.15, -0.1) is 0 Å². The molecule has 0 unspecified atom stereocenters. The van der Waals surface area contributed by atoms with Gasteiger partial charge in [-0.25, -0.2) is 9.78 Å². The van der Waals surface area contributed by atoms with Gasteiger partial charge in [-0.05, 0) is 18.2 Å². The van der Waals surface area contributed by atoms with Gasteiger partial charge in [0.1, 0.15) is 24.4 Å². The number of oxazole rings is 1. The van der Waals surface area contributed by atoms with Crippen LogP contribution < -0.4 is 4.74 Å². The van der Waals surface area contributed by atoms with Gasteiger partial charge in [-0.2, -0.15) is 0 Å². The number of phenols is 1. The minimum atomic E-state index is -0.644. The Labute approximate surface area is 160 Å². The average Bonchev–Trinajstić information content (AvgIpc) is 3.20. The van der Waals surface area contributed by atoms with Crippen molar-refractivity contribution in [3.63, 3.8) is 0 Å². The number of pyridine rings is 1. The molecule has 0 amide bonds. The van der Waals surface area contributed by atoms with E-state index < -0.39 is 5.97 Å². The number of aromatic nitrogens is 2. The molecule has 28 heavy (non-hydrogen) atoms. The molecule has 0 radical (unpaired) electrons. The van der Waals surface area contributed by atoms with Gasteiger partial charge in [0.25, 0.3) is 0 Å². The van der Waals surface area contributed by atoms with E-state index in [-0.39, 0.29) is 30.5 Å². The zero-order valence-corrected chi connectivity index (χ0v) is 14.7. The standard InChI is InChI=1S/C21H16N2O5/c24-18-6-2-1-4-15(18)11-28-21(25)17-12-27-20(23-17)13-26-19-7-3-5-14-10-22-9-8-16(14)19/h1-10,12,24H,11,13H2. The first-order valence-corrected chi connectivity index (χ1v) is 8.54. The number of nitrogens with zero attached hydrogens (tertiary/aromatic N) is 2. The molecule has 2 aromatic heterocycles. The van der Waals surface area contributed by atoms with Crippen molar-refractivity contribution < 1.29 is 23.8 Å². The molecule has 2 heterocycles. The first-order valence-electron chi connectivity index (χ1n) is 8.54. The molecule has 4 aromatic rings. The van der Waals surface area contributed by atoms with Crippen LogP contribution in [0.4, 0.5) is 0 Å². The Morgan fingerprint density at radius 2 is 1.96 bits per heavy atom. The van der Waals surface area contributed by atoms with Crippen molar-refractivity contribution >= 4 is 16.7 Å². The Hall–Kier alpha value is -3.87. The van der Waals surface area contributed by atoms with E-state index in [4.69, 9.17) is 13.9 Å². The van der Waals surface area contributed by atoms with E-state index in [0.717, 1.165) is 10.8 Å². The van der Waals surface area contributed by atoms with E-state index in [1.807, 2.05) is 24.3 Å². The summed E-state index contributed by atoms with van der Waals surface area (Å²) in [5, 5.41) is 11.6. The van der Waals surface area contributed by atoms with Crippen LogP contribution in [0.2, 0.25) is 0 Å². The lowest BCUT2D eigenvalue weighted by Crippen LogP contribution is -2.06. The number of para-hydroxylation sites is 1. The van der Waals surface area contributed by atoms with Gasteiger partial charge >= 0.3 is 5.97 Å². The highest BCUT2D eigenvalue weighted by Crippen LogP contribution is 2.25. The molecule has 2 aromatic carbocycles. The maximum absolute atomic E-state index is 12.1. The van der Waals surface area contributed by atoms with Gasteiger partial charge in [0.05, 0.1) is 0 Å². The Balaban J connectivity index is 1.39. The highest BCUT2D eigenvalue weighted by molar-refractivity contribution is 5.87. The SMILES string of the molecule is O=C(OCc1ccccc1O)c1coc(COc2cccc3cnccc23)n1. The summed E-state index contributed by atoms with van der Waals surface area (Å²) in [6, 6.07) is 14.2. The molecule has 140 valence electrons. The van der Waals surface area contributed by atoms with Crippen LogP contribution in [-0.4, -0.2) is 21.0 Å². The molecule has 0 spiro atoms. The molecular formula is C21H16N2O5. The van der Waals surface area contributed by atoms with E-state index in [1.54, 1.807) is 30.6 Å². The van der Waals surface area contributed by atoms with Crippen LogP contribution in [-0.2, 0) is 18.0 Å². The van der Waals surface area contributed by atoms with Crippen molar-refractivity contribution in [1.82, 2.24) is 9.97 Å². The number of ether oxygens (including phenoxy) is 2. The van der Waals surface area contributed by atoms with E-state index in [2.05, 4.69) is 9.97 Å². The molecule has 0 saturated heterocycles. The molecular weight excluding hydrogens is 360 g/mol. The summed E-state index contributed by atoms with van der Waals surface area (Å²) < 4.78 is 16.2. The van der Waals surface area contributed by atoms with Crippen molar-refractivity contribution in [2.75, 3.05) is 0 Å². The van der Waals surface area contributed by atoms with Crippen LogP contribution in [0.25, 0.3) is 10.8 Å². The van der Waals surface area contributed by atoms with Gasteiger partial charge < -0.3 is 19.0 Å². The number of carbonyl (C=O) groups excluding carboxylic acids is 1. The van der Waals surface area contributed by atoms with E-state index in [9.17, 15) is 9.90 Å². The molecule has 7 heteroatoms. The topological polar surface area (TPSA) is 94.7 Å². The normalized spacial score (nSPS) is 10.7. The highest BCUT2D eigenvalue weighted by atomic mass is 16.5. The maximum atomic E-state index is 12.1. The van der Waals surface area contributed by atoms with Gasteiger partial charge in [0.15, 0.2) is 12.3 Å². The van der Waals surface area contributed by atoms with Crippen molar-refractivity contribution in [1.29, 1.82) is 0 Å². The molecule has 1 N–H and O–H groups in total. The Morgan fingerprint density at radius 1 is 1.07 bits per heavy atom. The largest absolute Gasteiger partial charge is 0.508 e. The molecule has 4 rings (SSSR count). The number of hydrogen-bond acceptors (Lipinski definition) is 7. The van der Waals surface area contributed by atoms with Gasteiger partial charge in [-0.1, -0.05) is 30.3 Å². The third kappa shape index (κ3) is 3.78. The Morgan fingerprint density at radius 3 is 2.86 bits per heavy atom. The molecule has 0 aliphatic carbocycles. The van der Waals surface area contributed by atoms with E-state index >= 15 is 0 Å². The third-order valence-corrected chi connectivity index (χ3v) is 4.10. The van der Waals surface area contributed by atoms with Crippen LogP contribution in [0.1, 0.15) is 21.9 Å². The summed E-state index contributed by atoms with van der Waals surface area (Å²) in [7, 11) is 0. The van der Waals surface area contributed by atoms with Crippen molar-refractivity contribution in [2.24, 2.45) is 0 Å². The smallest absolute Gasteiger partial charge is 0.360 e. The van der Waals surface area contributed by atoms with Crippen molar-refractivity contribution in [3.05, 3.63) is 84.3 Å². The average molecular weight is 376 g/mol. The van der Waals surface area contributed by atoms with Gasteiger partial charge in [-0.3, -0.25) is 4.98 Å². The number of esters is 1. The fraction of sp³-hybridized carbons (Fsp3) is 0.0952. The Kier molecular flexibility index (Phi) is 4.88. The third-order valence-electron chi connectivity index (χ3n) is 4.10. The van der Waals surface area contributed by atoms with Crippen LogP contribution >= 0.6 is 0 Å². The first kappa shape index (κ1) is 17.5. The predicted molar refractivity (Wildman–Crippen MR) is 99.8 cm³/mol. The summed E-state index contributed by atoms with van der Waals surface area (Å²) >= 11 is 0. The zero-order valence-electron chi connectivity index (χ0n) is 14.7. The number of fused-ring (bicyclic) bond motifs is 1. The summed E-state index contributed by atoms with van der Waals surface area (Å²) in [5.74, 6) is 0.340. The second-order valence-corrected chi connectivity index (χ2v) is 5.97. The molecule has 0 aliphatic heterocycles. The van der Waals surface area contributed by atoms with E-state index in [0.29, 0.717) is 11.3 Å².